The van der Waals surface area contributed by atoms with Gasteiger partial charge in [-0.15, -0.1) is 0 Å². The van der Waals surface area contributed by atoms with Gasteiger partial charge < -0.3 is 15.0 Å². The number of nitrogens with one attached hydrogen (secondary N) is 1. The lowest BCUT2D eigenvalue weighted by Gasteiger charge is -2.23. The zero-order valence-corrected chi connectivity index (χ0v) is 6.85. The van der Waals surface area contributed by atoms with E-state index in [-0.39, 0.29) is 6.02 Å². The van der Waals surface area contributed by atoms with Crippen LogP contribution < -0.4 is 5.73 Å². The summed E-state index contributed by atoms with van der Waals surface area (Å²) in [6.07, 6.45) is 0. The van der Waals surface area contributed by atoms with Crippen molar-refractivity contribution in [2.45, 2.75) is 0 Å². The molecule has 0 aromatic heterocycles. The maximum Gasteiger partial charge on any atom is 0.279 e. The second kappa shape index (κ2) is 3.41. The summed E-state index contributed by atoms with van der Waals surface area (Å²) in [4.78, 5) is 0. The van der Waals surface area contributed by atoms with E-state index in [0.717, 1.165) is 11.0 Å². The number of likely N-dealkylation sites (N-methyl/N-ethyl adjacent to an activating group) is 1. The number of nitrogens with zero attached hydrogens (tertiary/aromatic N) is 1. The minimum absolute atomic E-state index is 0.201. The molecule has 0 aliphatic heterocycles. The first-order valence-electron chi connectivity index (χ1n) is 3.19. The van der Waals surface area contributed by atoms with Crippen LogP contribution in [0.3, 0.4) is 0 Å². The van der Waals surface area contributed by atoms with Gasteiger partial charge in [-0.3, -0.25) is 5.41 Å². The summed E-state index contributed by atoms with van der Waals surface area (Å²) in [5.41, 5.74) is 4.98. The maximum atomic E-state index is 6.75. The van der Waals surface area contributed by atoms with E-state index in [1.165, 1.54) is 0 Å². The Hall–Kier alpha value is -0.770. The van der Waals surface area contributed by atoms with Crippen molar-refractivity contribution in [3.63, 3.8) is 0 Å². The second-order valence-electron chi connectivity index (χ2n) is 3.23. The smallest absolute Gasteiger partial charge is 0.279 e. The minimum atomic E-state index is -0.201. The number of hydrogen-bond acceptors (Lipinski definition) is 2. The highest BCUT2D eigenvalue weighted by Gasteiger charge is 2.05. The van der Waals surface area contributed by atoms with Crippen LogP contribution in [0.5, 0.6) is 0 Å². The minimum Gasteiger partial charge on any atom is -0.460 e. The molecule has 0 amide bonds. The lowest BCUT2D eigenvalue weighted by molar-refractivity contribution is -0.870. The second-order valence-corrected chi connectivity index (χ2v) is 3.23. The molecule has 0 aliphatic rings. The van der Waals surface area contributed by atoms with Crippen LogP contribution in [0.4, 0.5) is 0 Å². The van der Waals surface area contributed by atoms with Crippen molar-refractivity contribution in [3.05, 3.63) is 0 Å². The van der Waals surface area contributed by atoms with E-state index in [2.05, 4.69) is 21.1 Å². The molecule has 0 spiro atoms. The molecule has 0 fully saturated rings. The number of ether oxygens (including phenoxy) is 1. The first-order valence-corrected chi connectivity index (χ1v) is 3.19. The third-order valence-corrected chi connectivity index (χ3v) is 1.02. The molecule has 0 aromatic rings. The van der Waals surface area contributed by atoms with Crippen LogP contribution in [0.1, 0.15) is 0 Å². The fourth-order valence-electron chi connectivity index (χ4n) is 0.429. The van der Waals surface area contributed by atoms with Crippen LogP contribution in [0.15, 0.2) is 0 Å². The Labute approximate surface area is 61.7 Å². The lowest BCUT2D eigenvalue weighted by Crippen LogP contribution is -2.38. The highest BCUT2D eigenvalue weighted by atomic mass is 16.5. The molecule has 60 valence electrons. The van der Waals surface area contributed by atoms with Crippen LogP contribution >= 0.6 is 0 Å². The van der Waals surface area contributed by atoms with Gasteiger partial charge in [0.2, 0.25) is 0 Å². The average molecular weight is 146 g/mol. The predicted molar refractivity (Wildman–Crippen MR) is 40.8 cm³/mol. The van der Waals surface area contributed by atoms with Crippen LogP contribution in [0.25, 0.3) is 0 Å². The molecule has 0 rings (SSSR count). The molecule has 0 radical (unpaired) electrons. The molecule has 0 saturated carbocycles. The van der Waals surface area contributed by atoms with Crippen LogP contribution in [-0.2, 0) is 4.74 Å². The van der Waals surface area contributed by atoms with Crippen molar-refractivity contribution in [3.8, 4) is 0 Å². The van der Waals surface area contributed by atoms with Crippen LogP contribution in [0, 0.1) is 5.41 Å². The highest BCUT2D eigenvalue weighted by molar-refractivity contribution is 5.67. The molecule has 0 bridgehead atoms. The van der Waals surface area contributed by atoms with Crippen molar-refractivity contribution in [1.29, 1.82) is 5.41 Å². The maximum absolute atomic E-state index is 6.75. The van der Waals surface area contributed by atoms with Gasteiger partial charge in [-0.1, -0.05) is 0 Å². The van der Waals surface area contributed by atoms with Gasteiger partial charge >= 0.3 is 0 Å². The summed E-state index contributed by atoms with van der Waals surface area (Å²) in [6, 6.07) is -0.201. The molecular formula is C6H16N3O+. The summed E-state index contributed by atoms with van der Waals surface area (Å²) in [6.45, 7) is 1.37. The first-order chi connectivity index (χ1) is 4.42. The third kappa shape index (κ3) is 7.23. The molecule has 4 nitrogen and oxygen atoms in total. The molecule has 0 heterocycles. The van der Waals surface area contributed by atoms with Crippen molar-refractivity contribution in [1.82, 2.24) is 0 Å². The van der Waals surface area contributed by atoms with E-state index in [4.69, 9.17) is 15.9 Å². The van der Waals surface area contributed by atoms with Gasteiger partial charge in [0.15, 0.2) is 0 Å². The van der Waals surface area contributed by atoms with Gasteiger partial charge in [-0.05, 0) is 0 Å². The number of nitrogens with two attached hydrogens (primary N) is 1. The van der Waals surface area contributed by atoms with Crippen molar-refractivity contribution in [2.24, 2.45) is 5.73 Å². The van der Waals surface area contributed by atoms with E-state index < -0.39 is 0 Å². The quantitative estimate of drug-likeness (QED) is 0.323. The summed E-state index contributed by atoms with van der Waals surface area (Å²) in [5, 5.41) is 6.75. The Balaban J connectivity index is 3.29. The molecule has 0 saturated heterocycles. The van der Waals surface area contributed by atoms with Gasteiger partial charge in [0, 0.05) is 0 Å². The van der Waals surface area contributed by atoms with E-state index >= 15 is 0 Å². The predicted octanol–water partition coefficient (Wildman–Crippen LogP) is -0.397. The largest absolute Gasteiger partial charge is 0.460 e. The summed E-state index contributed by atoms with van der Waals surface area (Å²) < 4.78 is 5.59. The Morgan fingerprint density at radius 3 is 2.30 bits per heavy atom. The Morgan fingerprint density at radius 1 is 1.50 bits per heavy atom. The average Bonchev–Trinajstić information content (AvgIpc) is 1.59. The van der Waals surface area contributed by atoms with Gasteiger partial charge in [0.05, 0.1) is 21.1 Å². The van der Waals surface area contributed by atoms with Gasteiger partial charge in [0.1, 0.15) is 13.2 Å². The van der Waals surface area contributed by atoms with Crippen LogP contribution in [-0.4, -0.2) is 44.8 Å². The fourth-order valence-corrected chi connectivity index (χ4v) is 0.429. The number of quaternary nitrogens is 1. The monoisotopic (exact) mass is 146 g/mol. The fraction of sp³-hybridized carbons (Fsp3) is 0.833. The summed E-state index contributed by atoms with van der Waals surface area (Å²) >= 11 is 0. The molecule has 0 aliphatic carbocycles. The van der Waals surface area contributed by atoms with E-state index in [9.17, 15) is 0 Å². The molecule has 10 heavy (non-hydrogen) atoms. The number of hydrogen-bond donors (Lipinski definition) is 2. The lowest BCUT2D eigenvalue weighted by atomic mass is 10.5. The number of amidine groups is 1. The summed E-state index contributed by atoms with van der Waals surface area (Å²) in [7, 11) is 6.18. The van der Waals surface area contributed by atoms with Crippen molar-refractivity contribution in [2.75, 3.05) is 34.3 Å². The zero-order chi connectivity index (χ0) is 8.20. The van der Waals surface area contributed by atoms with E-state index in [1.54, 1.807) is 0 Å². The van der Waals surface area contributed by atoms with E-state index in [0.29, 0.717) is 6.61 Å². The van der Waals surface area contributed by atoms with Crippen molar-refractivity contribution >= 4 is 6.02 Å². The molecule has 0 unspecified atom stereocenters. The van der Waals surface area contributed by atoms with Crippen LogP contribution in [0.2, 0.25) is 0 Å². The number of rotatable bonds is 3. The topological polar surface area (TPSA) is 59.1 Å². The Morgan fingerprint density at radius 2 is 2.00 bits per heavy atom. The third-order valence-electron chi connectivity index (χ3n) is 1.02. The molecule has 0 aromatic carbocycles. The van der Waals surface area contributed by atoms with Crippen molar-refractivity contribution < 1.29 is 9.22 Å². The molecule has 3 N–H and O–H groups in total. The van der Waals surface area contributed by atoms with E-state index in [1.807, 2.05) is 0 Å². The standard InChI is InChI=1S/C6H16N3O/c1-9(2,3)4-5-10-6(7)8/h4-5H2,1-3H3,(H3,7,8)/q+1. The molecule has 0 atom stereocenters. The van der Waals surface area contributed by atoms with Gasteiger partial charge in [-0.25, -0.2) is 0 Å². The first kappa shape index (κ1) is 9.23. The highest BCUT2D eigenvalue weighted by Crippen LogP contribution is 1.88. The molecular weight excluding hydrogens is 130 g/mol. The SMILES string of the molecule is C[N+](C)(C)CCOC(=N)N. The van der Waals surface area contributed by atoms with Gasteiger partial charge in [0.25, 0.3) is 6.02 Å². The zero-order valence-electron chi connectivity index (χ0n) is 6.85. The Bertz CT molecular complexity index is 117. The molecule has 4 heteroatoms. The normalized spacial score (nSPS) is 11.1. The Kier molecular flexibility index (Phi) is 3.15. The summed E-state index contributed by atoms with van der Waals surface area (Å²) in [5.74, 6) is 0. The van der Waals surface area contributed by atoms with Gasteiger partial charge in [-0.2, -0.15) is 0 Å².